The number of quaternary nitrogens is 1. The predicted octanol–water partition coefficient (Wildman–Crippen LogP) is 0.754. The molecule has 1 aromatic carbocycles. The van der Waals surface area contributed by atoms with Gasteiger partial charge >= 0.3 is 0 Å². The van der Waals surface area contributed by atoms with Crippen LogP contribution in [0.4, 0.5) is 4.39 Å². The van der Waals surface area contributed by atoms with Gasteiger partial charge in [-0.25, -0.2) is 12.8 Å². The van der Waals surface area contributed by atoms with Crippen LogP contribution in [0.2, 0.25) is 0 Å². The van der Waals surface area contributed by atoms with Gasteiger partial charge in [-0.2, -0.15) is 4.31 Å². The van der Waals surface area contributed by atoms with Gasteiger partial charge in [-0.3, -0.25) is 4.79 Å². The van der Waals surface area contributed by atoms with Crippen molar-refractivity contribution in [1.82, 2.24) is 9.21 Å². The third kappa shape index (κ3) is 4.64. The van der Waals surface area contributed by atoms with Crippen molar-refractivity contribution in [3.8, 4) is 0 Å². The van der Waals surface area contributed by atoms with Crippen molar-refractivity contribution in [2.24, 2.45) is 11.8 Å². The van der Waals surface area contributed by atoms with Crippen LogP contribution in [0.15, 0.2) is 29.2 Å². The Labute approximate surface area is 172 Å². The Morgan fingerprint density at radius 1 is 1.07 bits per heavy atom. The summed E-state index contributed by atoms with van der Waals surface area (Å²) in [5.74, 6) is 1.12. The van der Waals surface area contributed by atoms with E-state index in [0.717, 1.165) is 36.4 Å². The fraction of sp³-hybridized carbons (Fsp3) is 0.667. The van der Waals surface area contributed by atoms with Crippen molar-refractivity contribution in [2.45, 2.75) is 37.0 Å². The van der Waals surface area contributed by atoms with Gasteiger partial charge in [0, 0.05) is 13.1 Å². The van der Waals surface area contributed by atoms with E-state index in [1.807, 2.05) is 4.90 Å². The molecule has 2 heterocycles. The highest BCUT2D eigenvalue weighted by molar-refractivity contribution is 7.89. The van der Waals surface area contributed by atoms with E-state index in [2.05, 4.69) is 0 Å². The molecule has 1 saturated carbocycles. The molecule has 0 aromatic heterocycles. The lowest BCUT2D eigenvalue weighted by Crippen LogP contribution is -3.15. The highest BCUT2D eigenvalue weighted by atomic mass is 32.2. The number of fused-ring (bicyclic) bond motifs is 1. The molecule has 4 rings (SSSR count). The number of nitrogens with one attached hydrogen (secondary N) is 1. The first-order valence-corrected chi connectivity index (χ1v) is 12.2. The van der Waals surface area contributed by atoms with Crippen LogP contribution in [0, 0.1) is 17.7 Å². The Balaban J connectivity index is 1.29. The summed E-state index contributed by atoms with van der Waals surface area (Å²) in [7, 11) is -3.69. The summed E-state index contributed by atoms with van der Waals surface area (Å²) in [4.78, 5) is 16.0. The van der Waals surface area contributed by atoms with E-state index >= 15 is 0 Å². The number of halogens is 1. The van der Waals surface area contributed by atoms with Gasteiger partial charge < -0.3 is 9.80 Å². The number of nitrogens with zero attached hydrogens (tertiary/aromatic N) is 2. The van der Waals surface area contributed by atoms with Crippen LogP contribution in [0.25, 0.3) is 0 Å². The summed E-state index contributed by atoms with van der Waals surface area (Å²) >= 11 is 0. The molecular formula is C21H31FN3O3S+. The largest absolute Gasteiger partial charge is 0.338 e. The summed E-state index contributed by atoms with van der Waals surface area (Å²) in [6.07, 6.45) is 6.32. The van der Waals surface area contributed by atoms with Crippen LogP contribution in [0.3, 0.4) is 0 Å². The van der Waals surface area contributed by atoms with E-state index < -0.39 is 15.8 Å². The van der Waals surface area contributed by atoms with Gasteiger partial charge in [-0.15, -0.1) is 0 Å². The number of amides is 1. The van der Waals surface area contributed by atoms with Gasteiger partial charge in [-0.1, -0.05) is 25.3 Å². The number of sulfonamides is 1. The van der Waals surface area contributed by atoms with E-state index in [-0.39, 0.29) is 10.8 Å². The zero-order valence-corrected chi connectivity index (χ0v) is 17.7. The second-order valence-electron chi connectivity index (χ2n) is 8.72. The van der Waals surface area contributed by atoms with Gasteiger partial charge in [0.15, 0.2) is 6.54 Å². The lowest BCUT2D eigenvalue weighted by molar-refractivity contribution is -0.896. The van der Waals surface area contributed by atoms with E-state index in [1.165, 1.54) is 48.2 Å². The molecule has 0 unspecified atom stereocenters. The maximum absolute atomic E-state index is 13.4. The van der Waals surface area contributed by atoms with Crippen molar-refractivity contribution < 1.29 is 22.5 Å². The number of hydrogen-bond acceptors (Lipinski definition) is 3. The third-order valence-electron chi connectivity index (χ3n) is 6.91. The Bertz CT molecular complexity index is 839. The molecule has 3 aliphatic rings. The third-order valence-corrected chi connectivity index (χ3v) is 8.80. The first-order valence-electron chi connectivity index (χ1n) is 10.8. The highest BCUT2D eigenvalue weighted by Gasteiger charge is 2.35. The fourth-order valence-corrected chi connectivity index (χ4v) is 6.62. The lowest BCUT2D eigenvalue weighted by atomic mass is 9.75. The maximum atomic E-state index is 13.4. The Morgan fingerprint density at radius 3 is 2.52 bits per heavy atom. The van der Waals surface area contributed by atoms with Crippen LogP contribution in [0.5, 0.6) is 0 Å². The number of carbonyl (C=O) groups is 1. The van der Waals surface area contributed by atoms with Crippen molar-refractivity contribution in [2.75, 3.05) is 45.8 Å². The minimum absolute atomic E-state index is 0.00706. The summed E-state index contributed by atoms with van der Waals surface area (Å²) in [5.41, 5.74) is 0. The second-order valence-corrected chi connectivity index (χ2v) is 10.7. The van der Waals surface area contributed by atoms with Crippen molar-refractivity contribution in [1.29, 1.82) is 0 Å². The summed E-state index contributed by atoms with van der Waals surface area (Å²) in [6, 6.07) is 5.14. The molecule has 2 atom stereocenters. The molecule has 0 radical (unpaired) electrons. The molecule has 1 aliphatic carbocycles. The number of piperidine rings is 1. The van der Waals surface area contributed by atoms with E-state index in [1.54, 1.807) is 0 Å². The topological polar surface area (TPSA) is 62.1 Å². The molecule has 0 spiro atoms. The Morgan fingerprint density at radius 2 is 1.79 bits per heavy atom. The minimum Gasteiger partial charge on any atom is -0.338 e. The molecule has 2 aliphatic heterocycles. The molecule has 1 N–H and O–H groups in total. The Kier molecular flexibility index (Phi) is 6.22. The smallest absolute Gasteiger partial charge is 0.277 e. The average Bonchev–Trinajstić information content (AvgIpc) is 2.74. The molecule has 8 heteroatoms. The molecule has 6 nitrogen and oxygen atoms in total. The summed E-state index contributed by atoms with van der Waals surface area (Å²) < 4.78 is 40.3. The van der Waals surface area contributed by atoms with Crippen LogP contribution >= 0.6 is 0 Å². The quantitative estimate of drug-likeness (QED) is 0.776. The van der Waals surface area contributed by atoms with Gasteiger partial charge in [-0.05, 0) is 42.9 Å². The lowest BCUT2D eigenvalue weighted by Gasteiger charge is -2.41. The van der Waals surface area contributed by atoms with E-state index in [9.17, 15) is 17.6 Å². The van der Waals surface area contributed by atoms with Crippen LogP contribution in [-0.2, 0) is 14.8 Å². The summed E-state index contributed by atoms with van der Waals surface area (Å²) in [5, 5.41) is 0. The van der Waals surface area contributed by atoms with Gasteiger partial charge in [0.05, 0.1) is 31.1 Å². The molecule has 0 bridgehead atoms. The van der Waals surface area contributed by atoms with Crippen LogP contribution < -0.4 is 4.90 Å². The average molecular weight is 425 g/mol. The predicted molar refractivity (Wildman–Crippen MR) is 107 cm³/mol. The second kappa shape index (κ2) is 8.70. The Hall–Kier alpha value is -1.51. The molecule has 1 aromatic rings. The molecule has 3 fully saturated rings. The number of likely N-dealkylation sites (tertiary alicyclic amines) is 1. The van der Waals surface area contributed by atoms with Gasteiger partial charge in [0.1, 0.15) is 5.82 Å². The molecule has 29 heavy (non-hydrogen) atoms. The normalized spacial score (nSPS) is 26.9. The van der Waals surface area contributed by atoms with Gasteiger partial charge in [0.25, 0.3) is 5.91 Å². The molecular weight excluding hydrogens is 393 g/mol. The highest BCUT2D eigenvalue weighted by Crippen LogP contribution is 2.35. The van der Waals surface area contributed by atoms with Crippen LogP contribution in [-0.4, -0.2) is 69.3 Å². The number of carbonyl (C=O) groups excluding carboxylic acids is 1. The molecule has 160 valence electrons. The van der Waals surface area contributed by atoms with Crippen LogP contribution in [0.1, 0.15) is 32.1 Å². The van der Waals surface area contributed by atoms with Gasteiger partial charge in [0.2, 0.25) is 10.0 Å². The summed E-state index contributed by atoms with van der Waals surface area (Å²) in [6.45, 7) is 4.11. The van der Waals surface area contributed by atoms with Crippen molar-refractivity contribution >= 4 is 15.9 Å². The first-order chi connectivity index (χ1) is 13.9. The number of rotatable bonds is 4. The van der Waals surface area contributed by atoms with E-state index in [0.29, 0.717) is 38.6 Å². The van der Waals surface area contributed by atoms with Crippen molar-refractivity contribution in [3.05, 3.63) is 30.1 Å². The number of hydrogen-bond donors (Lipinski definition) is 1. The minimum atomic E-state index is -3.69. The number of benzene rings is 1. The molecule has 1 amide bonds. The number of piperazine rings is 1. The first kappa shape index (κ1) is 20.8. The van der Waals surface area contributed by atoms with E-state index in [4.69, 9.17) is 0 Å². The fourth-order valence-electron chi connectivity index (χ4n) is 5.15. The maximum Gasteiger partial charge on any atom is 0.277 e. The monoisotopic (exact) mass is 424 g/mol. The SMILES string of the molecule is O=C(C[NH+]1CCN(S(=O)(=O)c2cccc(F)c2)CC1)N1CC[C@H]2CCCC[C@H]2C1. The standard InChI is InChI=1S/C21H30FN3O3S/c22-19-6-3-7-20(14-19)29(27,28)25-12-10-23(11-13-25)16-21(26)24-9-8-17-4-1-2-5-18(17)15-24/h3,6-7,14,17-18H,1-2,4-5,8-13,15-16H2/p+1/t17-,18+/m1/s1. The molecule has 2 saturated heterocycles. The zero-order valence-electron chi connectivity index (χ0n) is 16.9. The van der Waals surface area contributed by atoms with Crippen molar-refractivity contribution in [3.63, 3.8) is 0 Å². The zero-order chi connectivity index (χ0) is 20.4.